The Hall–Kier alpha value is -1.38. The van der Waals surface area contributed by atoms with E-state index in [1.54, 1.807) is 18.3 Å². The number of hydrogen-bond donors (Lipinski definition) is 1. The van der Waals surface area contributed by atoms with Crippen LogP contribution >= 0.6 is 11.6 Å². The van der Waals surface area contributed by atoms with Gasteiger partial charge in [0.15, 0.2) is 0 Å². The molecule has 0 amide bonds. The number of pyridine rings is 1. The van der Waals surface area contributed by atoms with Crippen LogP contribution in [0, 0.1) is 0 Å². The predicted molar refractivity (Wildman–Crippen MR) is 71.7 cm³/mol. The van der Waals surface area contributed by atoms with E-state index in [1.807, 2.05) is 6.07 Å². The molecule has 18 heavy (non-hydrogen) atoms. The van der Waals surface area contributed by atoms with E-state index in [4.69, 9.17) is 11.6 Å². The number of aliphatic hydroxyl groups is 1. The minimum Gasteiger partial charge on any atom is -0.387 e. The van der Waals surface area contributed by atoms with Crippen LogP contribution in [0.5, 0.6) is 0 Å². The average molecular weight is 260 g/mol. The maximum atomic E-state index is 10.2. The molecule has 1 heterocycles. The van der Waals surface area contributed by atoms with Crippen molar-refractivity contribution in [2.75, 3.05) is 0 Å². The first-order valence-electron chi connectivity index (χ1n) is 6.12. The van der Waals surface area contributed by atoms with E-state index in [0.29, 0.717) is 23.1 Å². The highest BCUT2D eigenvalue weighted by molar-refractivity contribution is 6.31. The van der Waals surface area contributed by atoms with Gasteiger partial charge in [-0.05, 0) is 42.0 Å². The molecule has 0 radical (unpaired) electrons. The number of nitrogens with zero attached hydrogens (tertiary/aromatic N) is 1. The van der Waals surface area contributed by atoms with Crippen LogP contribution in [0.1, 0.15) is 35.3 Å². The van der Waals surface area contributed by atoms with Crippen LogP contribution in [0.3, 0.4) is 0 Å². The monoisotopic (exact) mass is 259 g/mol. The van der Waals surface area contributed by atoms with E-state index < -0.39 is 6.10 Å². The third kappa shape index (κ3) is 2.02. The molecule has 0 fully saturated rings. The molecule has 3 heteroatoms. The van der Waals surface area contributed by atoms with Crippen molar-refractivity contribution in [3.8, 4) is 0 Å². The lowest BCUT2D eigenvalue weighted by atomic mass is 9.74. The lowest BCUT2D eigenvalue weighted by molar-refractivity contribution is 0.149. The summed E-state index contributed by atoms with van der Waals surface area (Å²) in [4.78, 5) is 4.16. The Morgan fingerprint density at radius 3 is 2.89 bits per heavy atom. The molecule has 0 saturated carbocycles. The molecule has 92 valence electrons. The van der Waals surface area contributed by atoms with Crippen LogP contribution in [-0.4, -0.2) is 10.1 Å². The van der Waals surface area contributed by atoms with E-state index in [2.05, 4.69) is 23.2 Å². The fraction of sp³-hybridized carbons (Fsp3) is 0.267. The minimum absolute atomic E-state index is 0.425. The summed E-state index contributed by atoms with van der Waals surface area (Å²) in [6.45, 7) is 0. The molecule has 0 bridgehead atoms. The standard InChI is InChI=1S/C15H14ClNO/c16-13-6-3-7-17-15(13)14(18)9-11-8-10-4-1-2-5-12(10)11/h1-7,11,14,18H,8-9H2. The third-order valence-corrected chi connectivity index (χ3v) is 3.89. The van der Waals surface area contributed by atoms with Gasteiger partial charge in [0.25, 0.3) is 0 Å². The zero-order chi connectivity index (χ0) is 12.5. The van der Waals surface area contributed by atoms with Crippen LogP contribution < -0.4 is 0 Å². The van der Waals surface area contributed by atoms with Gasteiger partial charge >= 0.3 is 0 Å². The highest BCUT2D eigenvalue weighted by atomic mass is 35.5. The molecular weight excluding hydrogens is 246 g/mol. The van der Waals surface area contributed by atoms with Crippen molar-refractivity contribution in [2.45, 2.75) is 24.9 Å². The zero-order valence-electron chi connectivity index (χ0n) is 9.88. The number of aliphatic hydroxyl groups excluding tert-OH is 1. The Balaban J connectivity index is 1.74. The molecule has 2 atom stereocenters. The molecule has 1 N–H and O–H groups in total. The highest BCUT2D eigenvalue weighted by Crippen LogP contribution is 2.41. The van der Waals surface area contributed by atoms with Crippen LogP contribution in [-0.2, 0) is 6.42 Å². The van der Waals surface area contributed by atoms with Gasteiger partial charge in [-0.15, -0.1) is 0 Å². The van der Waals surface area contributed by atoms with Gasteiger partial charge in [0, 0.05) is 6.20 Å². The Morgan fingerprint density at radius 2 is 2.11 bits per heavy atom. The smallest absolute Gasteiger partial charge is 0.0980 e. The second-order valence-electron chi connectivity index (χ2n) is 4.72. The molecule has 0 spiro atoms. The first kappa shape index (κ1) is 11.7. The quantitative estimate of drug-likeness (QED) is 0.915. The van der Waals surface area contributed by atoms with Gasteiger partial charge in [-0.3, -0.25) is 4.98 Å². The van der Waals surface area contributed by atoms with E-state index in [1.165, 1.54) is 11.1 Å². The van der Waals surface area contributed by atoms with E-state index in [-0.39, 0.29) is 0 Å². The molecule has 0 aliphatic heterocycles. The summed E-state index contributed by atoms with van der Waals surface area (Å²) in [6, 6.07) is 11.9. The van der Waals surface area contributed by atoms with Crippen molar-refractivity contribution in [2.24, 2.45) is 0 Å². The topological polar surface area (TPSA) is 33.1 Å². The van der Waals surface area contributed by atoms with Crippen molar-refractivity contribution in [1.82, 2.24) is 4.98 Å². The van der Waals surface area contributed by atoms with Gasteiger partial charge in [0.05, 0.1) is 16.8 Å². The van der Waals surface area contributed by atoms with Gasteiger partial charge in [-0.1, -0.05) is 35.9 Å². The number of hydrogen-bond acceptors (Lipinski definition) is 2. The average Bonchev–Trinajstić information content (AvgIpc) is 2.36. The molecule has 1 aromatic carbocycles. The largest absolute Gasteiger partial charge is 0.387 e. The normalized spacial score (nSPS) is 18.9. The number of rotatable bonds is 3. The van der Waals surface area contributed by atoms with Crippen molar-refractivity contribution in [3.63, 3.8) is 0 Å². The molecule has 2 aromatic rings. The van der Waals surface area contributed by atoms with Crippen molar-refractivity contribution in [3.05, 3.63) is 64.4 Å². The molecule has 3 rings (SSSR count). The third-order valence-electron chi connectivity index (χ3n) is 3.57. The van der Waals surface area contributed by atoms with Gasteiger partial charge in [-0.25, -0.2) is 0 Å². The van der Waals surface area contributed by atoms with Gasteiger partial charge in [0.2, 0.25) is 0 Å². The second kappa shape index (κ2) is 4.71. The predicted octanol–water partition coefficient (Wildman–Crippen LogP) is 3.50. The Bertz CT molecular complexity index is 570. The van der Waals surface area contributed by atoms with Gasteiger partial charge in [0.1, 0.15) is 0 Å². The number of halogens is 1. The van der Waals surface area contributed by atoms with Crippen molar-refractivity contribution >= 4 is 11.6 Å². The Labute approximate surface area is 111 Å². The molecule has 0 saturated heterocycles. The SMILES string of the molecule is OC(CC1Cc2ccccc21)c1ncccc1Cl. The van der Waals surface area contributed by atoms with E-state index in [0.717, 1.165) is 6.42 Å². The first-order valence-corrected chi connectivity index (χ1v) is 6.50. The maximum Gasteiger partial charge on any atom is 0.0980 e. The summed E-state index contributed by atoms with van der Waals surface area (Å²) in [7, 11) is 0. The Kier molecular flexibility index (Phi) is 3.06. The lowest BCUT2D eigenvalue weighted by Gasteiger charge is -2.31. The van der Waals surface area contributed by atoms with E-state index >= 15 is 0 Å². The van der Waals surface area contributed by atoms with Crippen LogP contribution in [0.15, 0.2) is 42.6 Å². The Morgan fingerprint density at radius 1 is 1.28 bits per heavy atom. The van der Waals surface area contributed by atoms with Crippen molar-refractivity contribution in [1.29, 1.82) is 0 Å². The van der Waals surface area contributed by atoms with Gasteiger partial charge < -0.3 is 5.11 Å². The number of benzene rings is 1. The number of fused-ring (bicyclic) bond motifs is 1. The molecule has 2 unspecified atom stereocenters. The van der Waals surface area contributed by atoms with Crippen molar-refractivity contribution < 1.29 is 5.11 Å². The summed E-state index contributed by atoms with van der Waals surface area (Å²) >= 11 is 6.04. The zero-order valence-corrected chi connectivity index (χ0v) is 10.6. The number of aromatic nitrogens is 1. The van der Waals surface area contributed by atoms with Crippen LogP contribution in [0.4, 0.5) is 0 Å². The molecule has 1 aliphatic carbocycles. The second-order valence-corrected chi connectivity index (χ2v) is 5.13. The van der Waals surface area contributed by atoms with Crippen LogP contribution in [0.25, 0.3) is 0 Å². The maximum absolute atomic E-state index is 10.2. The lowest BCUT2D eigenvalue weighted by Crippen LogP contribution is -2.19. The fourth-order valence-electron chi connectivity index (χ4n) is 2.60. The summed E-state index contributed by atoms with van der Waals surface area (Å²) in [5, 5.41) is 10.8. The first-order chi connectivity index (χ1) is 8.75. The summed E-state index contributed by atoms with van der Waals surface area (Å²) in [5.74, 6) is 0.425. The van der Waals surface area contributed by atoms with Crippen LogP contribution in [0.2, 0.25) is 5.02 Å². The summed E-state index contributed by atoms with van der Waals surface area (Å²) in [5.41, 5.74) is 3.33. The van der Waals surface area contributed by atoms with E-state index in [9.17, 15) is 5.11 Å². The molecule has 2 nitrogen and oxygen atoms in total. The molecule has 1 aliphatic rings. The molecule has 1 aromatic heterocycles. The minimum atomic E-state index is -0.586. The fourth-order valence-corrected chi connectivity index (χ4v) is 2.84. The molecular formula is C15H14ClNO. The summed E-state index contributed by atoms with van der Waals surface area (Å²) < 4.78 is 0. The highest BCUT2D eigenvalue weighted by Gasteiger charge is 2.28. The summed E-state index contributed by atoms with van der Waals surface area (Å²) in [6.07, 6.45) is 2.81. The van der Waals surface area contributed by atoms with Gasteiger partial charge in [-0.2, -0.15) is 0 Å².